The van der Waals surface area contributed by atoms with Crippen LogP contribution in [0.2, 0.25) is 5.02 Å². The third-order valence-electron chi connectivity index (χ3n) is 4.35. The first-order valence-electron chi connectivity index (χ1n) is 8.26. The second kappa shape index (κ2) is 7.64. The number of hydrogen-bond acceptors (Lipinski definition) is 4. The van der Waals surface area contributed by atoms with Gasteiger partial charge in [0.2, 0.25) is 0 Å². The van der Waals surface area contributed by atoms with Crippen LogP contribution < -0.4 is 10.0 Å². The zero-order valence-electron chi connectivity index (χ0n) is 14.1. The predicted molar refractivity (Wildman–Crippen MR) is 103 cm³/mol. The normalized spacial score (nSPS) is 16.6. The zero-order chi connectivity index (χ0) is 17.9. The van der Waals surface area contributed by atoms with Gasteiger partial charge in [0.05, 0.1) is 21.3 Å². The number of sulfonamides is 1. The summed E-state index contributed by atoms with van der Waals surface area (Å²) in [7, 11) is -1.50. The molecule has 0 atom stereocenters. The van der Waals surface area contributed by atoms with Gasteiger partial charge in [-0.2, -0.15) is 0 Å². The Morgan fingerprint density at radius 3 is 2.44 bits per heavy atom. The highest BCUT2D eigenvalue weighted by Gasteiger charge is 2.18. The van der Waals surface area contributed by atoms with Crippen molar-refractivity contribution in [3.8, 4) is 0 Å². The Labute approximate surface area is 154 Å². The molecular weight excluding hydrogens is 358 g/mol. The molecule has 1 heterocycles. The van der Waals surface area contributed by atoms with Gasteiger partial charge in [-0.05, 0) is 63.3 Å². The molecule has 0 aromatic heterocycles. The van der Waals surface area contributed by atoms with Gasteiger partial charge in [0.15, 0.2) is 0 Å². The van der Waals surface area contributed by atoms with Crippen LogP contribution in [0.25, 0.3) is 0 Å². The van der Waals surface area contributed by atoms with Crippen molar-refractivity contribution in [2.24, 2.45) is 0 Å². The largest absolute Gasteiger partial charge is 0.381 e. The Morgan fingerprint density at radius 1 is 1.08 bits per heavy atom. The number of piperidine rings is 1. The number of likely N-dealkylation sites (tertiary alicyclic amines) is 1. The highest BCUT2D eigenvalue weighted by atomic mass is 35.5. The molecular formula is C18H22ClN3O2S. The maximum atomic E-state index is 12.5. The molecule has 0 bridgehead atoms. The van der Waals surface area contributed by atoms with Gasteiger partial charge in [-0.25, -0.2) is 8.42 Å². The highest BCUT2D eigenvalue weighted by Crippen LogP contribution is 2.29. The van der Waals surface area contributed by atoms with Gasteiger partial charge >= 0.3 is 0 Å². The standard InChI is InChI=1S/C18H22ClN3O2S/c1-22-11-9-14(10-12-22)20-18-13-15(7-8-17(18)19)21-25(23,24)16-5-3-2-4-6-16/h2-8,13-14,20-21H,9-12H2,1H3. The van der Waals surface area contributed by atoms with E-state index in [0.29, 0.717) is 16.8 Å². The summed E-state index contributed by atoms with van der Waals surface area (Å²) in [4.78, 5) is 2.53. The summed E-state index contributed by atoms with van der Waals surface area (Å²) >= 11 is 6.28. The minimum absolute atomic E-state index is 0.231. The molecule has 7 heteroatoms. The summed E-state index contributed by atoms with van der Waals surface area (Å²) in [6.45, 7) is 2.07. The van der Waals surface area contributed by atoms with Crippen LogP contribution in [-0.2, 0) is 10.0 Å². The lowest BCUT2D eigenvalue weighted by Crippen LogP contribution is -2.36. The Hall–Kier alpha value is -1.76. The summed E-state index contributed by atoms with van der Waals surface area (Å²) in [5, 5.41) is 4.03. The summed E-state index contributed by atoms with van der Waals surface area (Å²) in [6.07, 6.45) is 2.07. The van der Waals surface area contributed by atoms with Crippen LogP contribution in [-0.4, -0.2) is 39.5 Å². The maximum Gasteiger partial charge on any atom is 0.261 e. The lowest BCUT2D eigenvalue weighted by atomic mass is 10.1. The van der Waals surface area contributed by atoms with Gasteiger partial charge in [0.25, 0.3) is 10.0 Å². The van der Waals surface area contributed by atoms with Crippen molar-refractivity contribution in [1.82, 2.24) is 4.90 Å². The lowest BCUT2D eigenvalue weighted by Gasteiger charge is -2.30. The molecule has 134 valence electrons. The second-order valence-corrected chi connectivity index (χ2v) is 8.42. The molecule has 0 saturated carbocycles. The van der Waals surface area contributed by atoms with Crippen molar-refractivity contribution < 1.29 is 8.42 Å². The number of nitrogens with one attached hydrogen (secondary N) is 2. The molecule has 2 aromatic rings. The first kappa shape index (κ1) is 18.0. The number of rotatable bonds is 5. The van der Waals surface area contributed by atoms with E-state index in [1.54, 1.807) is 48.5 Å². The fourth-order valence-corrected chi connectivity index (χ4v) is 4.13. The molecule has 1 fully saturated rings. The van der Waals surface area contributed by atoms with Crippen molar-refractivity contribution in [2.75, 3.05) is 30.2 Å². The van der Waals surface area contributed by atoms with Gasteiger partial charge in [-0.3, -0.25) is 4.72 Å². The van der Waals surface area contributed by atoms with Crippen molar-refractivity contribution >= 4 is 33.0 Å². The van der Waals surface area contributed by atoms with Crippen LogP contribution in [0, 0.1) is 0 Å². The fourth-order valence-electron chi connectivity index (χ4n) is 2.89. The van der Waals surface area contributed by atoms with Gasteiger partial charge in [-0.15, -0.1) is 0 Å². The molecule has 0 aliphatic carbocycles. The van der Waals surface area contributed by atoms with E-state index in [1.165, 1.54) is 0 Å². The molecule has 2 N–H and O–H groups in total. The number of anilines is 2. The van der Waals surface area contributed by atoms with Crippen molar-refractivity contribution in [2.45, 2.75) is 23.8 Å². The molecule has 25 heavy (non-hydrogen) atoms. The summed E-state index contributed by atoms with van der Waals surface area (Å²) in [5.74, 6) is 0. The summed E-state index contributed by atoms with van der Waals surface area (Å²) < 4.78 is 27.5. The number of halogens is 1. The molecule has 1 saturated heterocycles. The summed E-state index contributed by atoms with van der Waals surface area (Å²) in [5.41, 5.74) is 1.24. The molecule has 1 aliphatic rings. The lowest BCUT2D eigenvalue weighted by molar-refractivity contribution is 0.264. The fraction of sp³-hybridized carbons (Fsp3) is 0.333. The maximum absolute atomic E-state index is 12.5. The molecule has 3 rings (SSSR count). The monoisotopic (exact) mass is 379 g/mol. The van der Waals surface area contributed by atoms with Crippen LogP contribution in [0.5, 0.6) is 0 Å². The third kappa shape index (κ3) is 4.66. The van der Waals surface area contributed by atoms with Gasteiger partial charge in [-0.1, -0.05) is 29.8 Å². The first-order chi connectivity index (χ1) is 11.9. The molecule has 0 spiro atoms. The Morgan fingerprint density at radius 2 is 1.76 bits per heavy atom. The van der Waals surface area contributed by atoms with Crippen LogP contribution >= 0.6 is 11.6 Å². The average molecular weight is 380 g/mol. The first-order valence-corrected chi connectivity index (χ1v) is 10.1. The SMILES string of the molecule is CN1CCC(Nc2cc(NS(=O)(=O)c3ccccc3)ccc2Cl)CC1. The van der Waals surface area contributed by atoms with Gasteiger partial charge in [0.1, 0.15) is 0 Å². The molecule has 0 radical (unpaired) electrons. The van der Waals surface area contributed by atoms with Crippen LogP contribution in [0.1, 0.15) is 12.8 Å². The van der Waals surface area contributed by atoms with Gasteiger partial charge < -0.3 is 10.2 Å². The third-order valence-corrected chi connectivity index (χ3v) is 6.08. The van der Waals surface area contributed by atoms with E-state index in [-0.39, 0.29) is 4.90 Å². The van der Waals surface area contributed by atoms with Gasteiger partial charge in [0, 0.05) is 6.04 Å². The molecule has 1 aliphatic heterocycles. The quantitative estimate of drug-likeness (QED) is 0.832. The van der Waals surface area contributed by atoms with E-state index >= 15 is 0 Å². The van der Waals surface area contributed by atoms with Crippen LogP contribution in [0.4, 0.5) is 11.4 Å². The summed E-state index contributed by atoms with van der Waals surface area (Å²) in [6, 6.07) is 13.8. The van der Waals surface area contributed by atoms with Crippen molar-refractivity contribution in [3.63, 3.8) is 0 Å². The zero-order valence-corrected chi connectivity index (χ0v) is 15.6. The number of hydrogen-bond donors (Lipinski definition) is 2. The number of benzene rings is 2. The molecule has 2 aromatic carbocycles. The Bertz CT molecular complexity index is 819. The second-order valence-electron chi connectivity index (χ2n) is 6.34. The Balaban J connectivity index is 1.75. The minimum atomic E-state index is -3.61. The van der Waals surface area contributed by atoms with Crippen molar-refractivity contribution in [1.29, 1.82) is 0 Å². The van der Waals surface area contributed by atoms with E-state index < -0.39 is 10.0 Å². The predicted octanol–water partition coefficient (Wildman–Crippen LogP) is 3.65. The minimum Gasteiger partial charge on any atom is -0.381 e. The van der Waals surface area contributed by atoms with E-state index in [0.717, 1.165) is 31.6 Å². The van der Waals surface area contributed by atoms with E-state index in [1.807, 2.05) is 0 Å². The molecule has 0 unspecified atom stereocenters. The molecule has 0 amide bonds. The van der Waals surface area contributed by atoms with E-state index in [9.17, 15) is 8.42 Å². The average Bonchev–Trinajstić information content (AvgIpc) is 2.60. The van der Waals surface area contributed by atoms with Crippen molar-refractivity contribution in [3.05, 3.63) is 53.6 Å². The van der Waals surface area contributed by atoms with E-state index in [4.69, 9.17) is 11.6 Å². The topological polar surface area (TPSA) is 61.4 Å². The van der Waals surface area contributed by atoms with Crippen LogP contribution in [0.3, 0.4) is 0 Å². The Kier molecular flexibility index (Phi) is 5.51. The molecule has 5 nitrogen and oxygen atoms in total. The van der Waals surface area contributed by atoms with Crippen LogP contribution in [0.15, 0.2) is 53.4 Å². The number of nitrogens with zero attached hydrogens (tertiary/aromatic N) is 1. The van der Waals surface area contributed by atoms with E-state index in [2.05, 4.69) is 22.0 Å². The smallest absolute Gasteiger partial charge is 0.261 e. The highest BCUT2D eigenvalue weighted by molar-refractivity contribution is 7.92.